The number of nitrogens with zero attached hydrogens (tertiary/aromatic N) is 5. The molecule has 0 aliphatic rings. The molecule has 5 aromatic rings. The lowest BCUT2D eigenvalue weighted by atomic mass is 10.0. The van der Waals surface area contributed by atoms with E-state index in [0.29, 0.717) is 16.6 Å². The smallest absolute Gasteiger partial charge is 0.320 e. The molecule has 0 amide bonds. The molecule has 0 fully saturated rings. The summed E-state index contributed by atoms with van der Waals surface area (Å²) in [7, 11) is 1.77. The van der Waals surface area contributed by atoms with E-state index in [0.717, 1.165) is 5.56 Å². The fourth-order valence-electron chi connectivity index (χ4n) is 3.16. The molecule has 0 radical (unpaired) electrons. The number of rotatable bonds is 3. The molecular formula is C20H13F2N5O. The third kappa shape index (κ3) is 2.53. The van der Waals surface area contributed by atoms with Crippen LogP contribution in [0, 0.1) is 0 Å². The lowest BCUT2D eigenvalue weighted by Gasteiger charge is -2.14. The normalized spacial score (nSPS) is 12.1. The quantitative estimate of drug-likeness (QED) is 0.469. The van der Waals surface area contributed by atoms with Crippen molar-refractivity contribution in [1.29, 1.82) is 0 Å². The summed E-state index contributed by atoms with van der Waals surface area (Å²) in [5.74, 6) is -3.38. The average Bonchev–Trinajstić information content (AvgIpc) is 3.33. The number of fused-ring (bicyclic) bond motifs is 2. The van der Waals surface area contributed by atoms with Crippen molar-refractivity contribution in [1.82, 2.24) is 24.9 Å². The monoisotopic (exact) mass is 377 g/mol. The van der Waals surface area contributed by atoms with Crippen LogP contribution < -0.4 is 0 Å². The number of halogens is 2. The Kier molecular flexibility index (Phi) is 3.48. The van der Waals surface area contributed by atoms with Crippen LogP contribution in [-0.2, 0) is 13.0 Å². The molecule has 0 spiro atoms. The summed E-state index contributed by atoms with van der Waals surface area (Å²) in [5, 5.41) is 8.35. The van der Waals surface area contributed by atoms with Crippen molar-refractivity contribution in [2.24, 2.45) is 7.05 Å². The number of aromatic nitrogens is 5. The molecule has 5 rings (SSSR count). The van der Waals surface area contributed by atoms with Crippen molar-refractivity contribution < 1.29 is 13.3 Å². The van der Waals surface area contributed by atoms with Gasteiger partial charge < -0.3 is 4.52 Å². The van der Waals surface area contributed by atoms with E-state index >= 15 is 8.78 Å². The highest BCUT2D eigenvalue weighted by atomic mass is 19.3. The topological polar surface area (TPSA) is 69.6 Å². The summed E-state index contributed by atoms with van der Waals surface area (Å²) in [4.78, 5) is 8.54. The van der Waals surface area contributed by atoms with Crippen LogP contribution >= 0.6 is 0 Å². The van der Waals surface area contributed by atoms with Crippen LogP contribution in [0.1, 0.15) is 11.3 Å². The van der Waals surface area contributed by atoms with E-state index in [2.05, 4.69) is 20.2 Å². The van der Waals surface area contributed by atoms with Gasteiger partial charge in [-0.3, -0.25) is 9.67 Å². The van der Waals surface area contributed by atoms with Gasteiger partial charge in [-0.1, -0.05) is 17.3 Å². The van der Waals surface area contributed by atoms with E-state index in [1.165, 1.54) is 12.1 Å². The maximum absolute atomic E-state index is 15.3. The molecule has 4 aromatic heterocycles. The average molecular weight is 377 g/mol. The Hall–Kier alpha value is -3.68. The fraction of sp³-hybridized carbons (Fsp3) is 0.100. The van der Waals surface area contributed by atoms with Gasteiger partial charge in [0.2, 0.25) is 0 Å². The molecule has 6 nitrogen and oxygen atoms in total. The van der Waals surface area contributed by atoms with Crippen LogP contribution in [0.2, 0.25) is 0 Å². The van der Waals surface area contributed by atoms with E-state index in [1.54, 1.807) is 60.7 Å². The molecule has 138 valence electrons. The summed E-state index contributed by atoms with van der Waals surface area (Å²) in [6.45, 7) is 0. The molecule has 0 atom stereocenters. The number of pyridine rings is 2. The molecule has 0 N–H and O–H groups in total. The highest BCUT2D eigenvalue weighted by Crippen LogP contribution is 2.39. The first kappa shape index (κ1) is 16.5. The largest absolute Gasteiger partial charge is 0.354 e. The lowest BCUT2D eigenvalue weighted by molar-refractivity contribution is 0.0361. The number of hydrogen-bond donors (Lipinski definition) is 0. The molecule has 4 heterocycles. The van der Waals surface area contributed by atoms with Crippen molar-refractivity contribution in [3.05, 3.63) is 72.3 Å². The first-order valence-corrected chi connectivity index (χ1v) is 8.51. The molecular weight excluding hydrogens is 364 g/mol. The van der Waals surface area contributed by atoms with Crippen molar-refractivity contribution in [2.75, 3.05) is 0 Å². The third-order valence-corrected chi connectivity index (χ3v) is 4.58. The zero-order chi connectivity index (χ0) is 19.3. The zero-order valence-electron chi connectivity index (χ0n) is 14.7. The first-order chi connectivity index (χ1) is 13.5. The van der Waals surface area contributed by atoms with Gasteiger partial charge in [0.05, 0.1) is 17.4 Å². The summed E-state index contributed by atoms with van der Waals surface area (Å²) < 4.78 is 37.4. The maximum Gasteiger partial charge on any atom is 0.320 e. The molecule has 0 saturated carbocycles. The lowest BCUT2D eigenvalue weighted by Crippen LogP contribution is -2.16. The number of aryl methyl sites for hydroxylation is 1. The first-order valence-electron chi connectivity index (χ1n) is 8.51. The molecule has 1 aromatic carbocycles. The van der Waals surface area contributed by atoms with Crippen LogP contribution in [0.15, 0.2) is 65.6 Å². The number of hydrogen-bond acceptors (Lipinski definition) is 5. The maximum atomic E-state index is 15.3. The van der Waals surface area contributed by atoms with Crippen molar-refractivity contribution >= 4 is 22.0 Å². The van der Waals surface area contributed by atoms with E-state index in [1.807, 2.05) is 0 Å². The second-order valence-electron chi connectivity index (χ2n) is 6.46. The van der Waals surface area contributed by atoms with Gasteiger partial charge in [-0.05, 0) is 30.3 Å². The molecule has 0 unspecified atom stereocenters. The van der Waals surface area contributed by atoms with Crippen molar-refractivity contribution in [2.45, 2.75) is 5.92 Å². The Morgan fingerprint density at radius 3 is 2.82 bits per heavy atom. The molecule has 8 heteroatoms. The highest BCUT2D eigenvalue weighted by Gasteiger charge is 2.40. The van der Waals surface area contributed by atoms with Crippen LogP contribution in [-0.4, -0.2) is 24.9 Å². The summed E-state index contributed by atoms with van der Waals surface area (Å²) >= 11 is 0. The molecule has 28 heavy (non-hydrogen) atoms. The number of benzene rings is 1. The standard InChI is InChI=1S/C20H13F2N5O/c1-27-11-13(10-24-27)16-6-7-17-18(25-16)19(26-28-17)20(21,22)14-4-5-15-12(9-14)3-2-8-23-15/h2-11H,1H3. The summed E-state index contributed by atoms with van der Waals surface area (Å²) in [5.41, 5.74) is 1.39. The molecule has 0 aliphatic carbocycles. The summed E-state index contributed by atoms with van der Waals surface area (Å²) in [6, 6.07) is 11.0. The van der Waals surface area contributed by atoms with Crippen LogP contribution in [0.5, 0.6) is 0 Å². The molecule has 0 aliphatic heterocycles. The molecule has 0 saturated heterocycles. The van der Waals surface area contributed by atoms with Gasteiger partial charge in [0.25, 0.3) is 0 Å². The predicted octanol–water partition coefficient (Wildman–Crippen LogP) is 4.31. The number of alkyl halides is 2. The summed E-state index contributed by atoms with van der Waals surface area (Å²) in [6.07, 6.45) is 5.00. The minimum Gasteiger partial charge on any atom is -0.354 e. The Bertz CT molecular complexity index is 1320. The van der Waals surface area contributed by atoms with Gasteiger partial charge in [0.15, 0.2) is 11.3 Å². The van der Waals surface area contributed by atoms with Crippen LogP contribution in [0.25, 0.3) is 33.3 Å². The highest BCUT2D eigenvalue weighted by molar-refractivity contribution is 5.81. The van der Waals surface area contributed by atoms with Gasteiger partial charge >= 0.3 is 5.92 Å². The Labute approximate surface area is 157 Å². The van der Waals surface area contributed by atoms with Gasteiger partial charge in [-0.25, -0.2) is 4.98 Å². The van der Waals surface area contributed by atoms with Crippen molar-refractivity contribution in [3.8, 4) is 11.3 Å². The Morgan fingerprint density at radius 1 is 1.11 bits per heavy atom. The van der Waals surface area contributed by atoms with Gasteiger partial charge in [0.1, 0.15) is 5.52 Å². The Morgan fingerprint density at radius 2 is 2.00 bits per heavy atom. The second-order valence-corrected chi connectivity index (χ2v) is 6.46. The van der Waals surface area contributed by atoms with E-state index in [-0.39, 0.29) is 16.7 Å². The third-order valence-electron chi connectivity index (χ3n) is 4.58. The predicted molar refractivity (Wildman–Crippen MR) is 98.7 cm³/mol. The Balaban J connectivity index is 1.65. The minimum atomic E-state index is -3.38. The van der Waals surface area contributed by atoms with Crippen LogP contribution in [0.4, 0.5) is 8.78 Å². The minimum absolute atomic E-state index is 0.0256. The van der Waals surface area contributed by atoms with Gasteiger partial charge in [0, 0.05) is 36.0 Å². The SMILES string of the molecule is Cn1cc(-c2ccc3onc(C(F)(F)c4ccc5ncccc5c4)c3n2)cn1. The van der Waals surface area contributed by atoms with Gasteiger partial charge in [-0.15, -0.1) is 0 Å². The van der Waals surface area contributed by atoms with E-state index in [4.69, 9.17) is 4.52 Å². The van der Waals surface area contributed by atoms with E-state index < -0.39 is 11.6 Å². The van der Waals surface area contributed by atoms with Crippen LogP contribution in [0.3, 0.4) is 0 Å². The van der Waals surface area contributed by atoms with Gasteiger partial charge in [-0.2, -0.15) is 13.9 Å². The van der Waals surface area contributed by atoms with E-state index in [9.17, 15) is 0 Å². The fourth-order valence-corrected chi connectivity index (χ4v) is 3.16. The zero-order valence-corrected chi connectivity index (χ0v) is 14.7. The second kappa shape index (κ2) is 5.91. The van der Waals surface area contributed by atoms with Crippen molar-refractivity contribution in [3.63, 3.8) is 0 Å². The molecule has 0 bridgehead atoms.